The highest BCUT2D eigenvalue weighted by Crippen LogP contribution is 2.22. The fourth-order valence-electron chi connectivity index (χ4n) is 0.709. The van der Waals surface area contributed by atoms with Crippen LogP contribution in [0.15, 0.2) is 0 Å². The Bertz CT molecular complexity index is 128. The van der Waals surface area contributed by atoms with E-state index in [1.807, 2.05) is 0 Å². The van der Waals surface area contributed by atoms with Crippen molar-refractivity contribution in [1.82, 2.24) is 0 Å². The molecule has 0 aromatic rings. The maximum atomic E-state index is 12.7. The predicted molar refractivity (Wildman–Crippen MR) is 26.9 cm³/mol. The molecule has 52 valence electrons. The minimum atomic E-state index is -2.11. The summed E-state index contributed by atoms with van der Waals surface area (Å²) in [6, 6.07) is 0. The smallest absolute Gasteiger partial charge is 0.344 e. The highest BCUT2D eigenvalue weighted by molar-refractivity contribution is 5.77. The van der Waals surface area contributed by atoms with Gasteiger partial charge in [-0.1, -0.05) is 0 Å². The summed E-state index contributed by atoms with van der Waals surface area (Å²) in [7, 11) is 0. The first-order valence-electron chi connectivity index (χ1n) is 2.65. The van der Waals surface area contributed by atoms with E-state index in [1.165, 1.54) is 0 Å². The lowest BCUT2D eigenvalue weighted by atomic mass is 10.1. The van der Waals surface area contributed by atoms with E-state index in [9.17, 15) is 9.18 Å². The van der Waals surface area contributed by atoms with Crippen LogP contribution in [0.2, 0.25) is 0 Å². The third-order valence-electron chi connectivity index (χ3n) is 1.36. The number of rotatable bonds is 1. The molecule has 1 fully saturated rings. The van der Waals surface area contributed by atoms with Gasteiger partial charge in [-0.15, -0.1) is 0 Å². The number of ether oxygens (including phenoxy) is 1. The van der Waals surface area contributed by atoms with Gasteiger partial charge >= 0.3 is 5.97 Å². The molecule has 1 N–H and O–H groups in total. The molecule has 3 nitrogen and oxygen atoms in total. The zero-order chi connectivity index (χ0) is 6.91. The Morgan fingerprint density at radius 2 is 2.44 bits per heavy atom. The average Bonchev–Trinajstić information content (AvgIpc) is 2.16. The quantitative estimate of drug-likeness (QED) is 0.557. The van der Waals surface area contributed by atoms with E-state index in [0.717, 1.165) is 0 Å². The number of carbonyl (C=O) groups is 1. The van der Waals surface area contributed by atoms with Gasteiger partial charge in [0.25, 0.3) is 0 Å². The lowest BCUT2D eigenvalue weighted by Crippen LogP contribution is -2.33. The largest absolute Gasteiger partial charge is 0.479 e. The van der Waals surface area contributed by atoms with Gasteiger partial charge in [-0.25, -0.2) is 9.18 Å². The molecule has 1 heterocycles. The number of hydrogen-bond donors (Lipinski definition) is 1. The monoisotopic (exact) mass is 134 g/mol. The van der Waals surface area contributed by atoms with Crippen LogP contribution in [-0.2, 0) is 9.53 Å². The molecule has 0 amide bonds. The summed E-state index contributed by atoms with van der Waals surface area (Å²) in [5.41, 5.74) is -2.11. The van der Waals surface area contributed by atoms with Crippen LogP contribution in [0, 0.1) is 0 Å². The third-order valence-corrected chi connectivity index (χ3v) is 1.36. The van der Waals surface area contributed by atoms with Crippen molar-refractivity contribution >= 4 is 5.97 Å². The van der Waals surface area contributed by atoms with Crippen molar-refractivity contribution in [2.24, 2.45) is 0 Å². The molecule has 1 rings (SSSR count). The van der Waals surface area contributed by atoms with Crippen LogP contribution < -0.4 is 0 Å². The van der Waals surface area contributed by atoms with Crippen LogP contribution >= 0.6 is 0 Å². The topological polar surface area (TPSA) is 46.5 Å². The first kappa shape index (κ1) is 6.48. The van der Waals surface area contributed by atoms with Crippen LogP contribution in [-0.4, -0.2) is 30.0 Å². The fraction of sp³-hybridized carbons (Fsp3) is 0.800. The number of alkyl halides is 1. The zero-order valence-electron chi connectivity index (χ0n) is 4.76. The normalized spacial score (nSPS) is 34.8. The number of halogens is 1. The molecule has 0 aromatic heterocycles. The Hall–Kier alpha value is -0.640. The van der Waals surface area contributed by atoms with Crippen molar-refractivity contribution in [2.45, 2.75) is 12.1 Å². The van der Waals surface area contributed by atoms with E-state index >= 15 is 0 Å². The molecular formula is C5H7FO3. The predicted octanol–water partition coefficient (Wildman–Crippen LogP) is 0.200. The standard InChI is InChI=1S/C5H7FO3/c6-5(4(7)8)1-2-9-3-5/h1-3H2,(H,7,8)/t5-/m1/s1. The van der Waals surface area contributed by atoms with Crippen LogP contribution in [0.1, 0.15) is 6.42 Å². The molecule has 0 radical (unpaired) electrons. The second-order valence-electron chi connectivity index (χ2n) is 2.07. The minimum absolute atomic E-state index is 0.0255. The molecule has 4 heteroatoms. The van der Waals surface area contributed by atoms with Gasteiger partial charge in [0.15, 0.2) is 0 Å². The summed E-state index contributed by atoms with van der Waals surface area (Å²) in [5.74, 6) is -1.42. The fourth-order valence-corrected chi connectivity index (χ4v) is 0.709. The summed E-state index contributed by atoms with van der Waals surface area (Å²) in [4.78, 5) is 10.1. The second-order valence-corrected chi connectivity index (χ2v) is 2.07. The van der Waals surface area contributed by atoms with Crippen LogP contribution in [0.25, 0.3) is 0 Å². The van der Waals surface area contributed by atoms with Crippen molar-refractivity contribution in [1.29, 1.82) is 0 Å². The Balaban J connectivity index is 2.61. The van der Waals surface area contributed by atoms with Gasteiger partial charge in [0, 0.05) is 6.42 Å². The van der Waals surface area contributed by atoms with Gasteiger partial charge in [-0.05, 0) is 0 Å². The minimum Gasteiger partial charge on any atom is -0.479 e. The highest BCUT2D eigenvalue weighted by Gasteiger charge is 2.42. The van der Waals surface area contributed by atoms with Crippen molar-refractivity contribution in [2.75, 3.05) is 13.2 Å². The molecule has 1 aliphatic heterocycles. The maximum Gasteiger partial charge on any atom is 0.344 e. The molecule has 0 aliphatic carbocycles. The van der Waals surface area contributed by atoms with Crippen molar-refractivity contribution in [3.05, 3.63) is 0 Å². The number of carboxylic acid groups (broad SMARTS) is 1. The lowest BCUT2D eigenvalue weighted by Gasteiger charge is -2.08. The molecule has 0 aromatic carbocycles. The molecule has 0 saturated carbocycles. The van der Waals surface area contributed by atoms with Crippen LogP contribution in [0.4, 0.5) is 4.39 Å². The Morgan fingerprint density at radius 3 is 2.67 bits per heavy atom. The van der Waals surface area contributed by atoms with E-state index in [0.29, 0.717) is 0 Å². The average molecular weight is 134 g/mol. The molecule has 0 spiro atoms. The van der Waals surface area contributed by atoms with Crippen LogP contribution in [0.5, 0.6) is 0 Å². The van der Waals surface area contributed by atoms with Gasteiger partial charge < -0.3 is 9.84 Å². The van der Waals surface area contributed by atoms with E-state index < -0.39 is 11.6 Å². The Labute approximate surface area is 51.4 Å². The zero-order valence-corrected chi connectivity index (χ0v) is 4.76. The van der Waals surface area contributed by atoms with Crippen LogP contribution in [0.3, 0.4) is 0 Å². The van der Waals surface area contributed by atoms with Crippen molar-refractivity contribution in [3.8, 4) is 0 Å². The molecule has 1 atom stereocenters. The van der Waals surface area contributed by atoms with E-state index in [-0.39, 0.29) is 19.6 Å². The SMILES string of the molecule is O=C(O)[C@@]1(F)CCOC1. The van der Waals surface area contributed by atoms with Gasteiger partial charge in [-0.3, -0.25) is 0 Å². The molecule has 1 saturated heterocycles. The number of aliphatic carboxylic acids is 1. The van der Waals surface area contributed by atoms with Gasteiger partial charge in [0.2, 0.25) is 5.67 Å². The maximum absolute atomic E-state index is 12.7. The van der Waals surface area contributed by atoms with E-state index in [1.54, 1.807) is 0 Å². The second kappa shape index (κ2) is 1.95. The van der Waals surface area contributed by atoms with E-state index in [4.69, 9.17) is 5.11 Å². The van der Waals surface area contributed by atoms with Gasteiger partial charge in [-0.2, -0.15) is 0 Å². The van der Waals surface area contributed by atoms with Crippen molar-refractivity contribution < 1.29 is 19.0 Å². The molecule has 1 aliphatic rings. The summed E-state index contributed by atoms with van der Waals surface area (Å²) in [6.07, 6.45) is -0.0255. The van der Waals surface area contributed by atoms with Gasteiger partial charge in [0.1, 0.15) is 0 Å². The first-order chi connectivity index (χ1) is 4.15. The molecule has 9 heavy (non-hydrogen) atoms. The summed E-state index contributed by atoms with van der Waals surface area (Å²) in [6.45, 7) is -0.0921. The summed E-state index contributed by atoms with van der Waals surface area (Å²) in [5, 5.41) is 8.22. The van der Waals surface area contributed by atoms with Gasteiger partial charge in [0.05, 0.1) is 13.2 Å². The lowest BCUT2D eigenvalue weighted by molar-refractivity contribution is -0.150. The molecule has 0 unspecified atom stereocenters. The summed E-state index contributed by atoms with van der Waals surface area (Å²) < 4.78 is 17.3. The first-order valence-corrected chi connectivity index (χ1v) is 2.65. The molecular weight excluding hydrogens is 127 g/mol. The molecule has 0 bridgehead atoms. The highest BCUT2D eigenvalue weighted by atomic mass is 19.1. The summed E-state index contributed by atoms with van der Waals surface area (Å²) >= 11 is 0. The Morgan fingerprint density at radius 1 is 1.78 bits per heavy atom. The Kier molecular flexibility index (Phi) is 1.40. The number of carboxylic acids is 1. The van der Waals surface area contributed by atoms with Crippen molar-refractivity contribution in [3.63, 3.8) is 0 Å². The van der Waals surface area contributed by atoms with E-state index in [2.05, 4.69) is 4.74 Å². The third kappa shape index (κ3) is 1.03. The number of hydrogen-bond acceptors (Lipinski definition) is 2.